The smallest absolute Gasteiger partial charge is 0.355 e. The van der Waals surface area contributed by atoms with Crippen molar-refractivity contribution in [2.24, 2.45) is 5.92 Å². The number of amides is 1. The van der Waals surface area contributed by atoms with Crippen LogP contribution < -0.4 is 5.32 Å². The molecule has 0 spiro atoms. The summed E-state index contributed by atoms with van der Waals surface area (Å²) in [6.45, 7) is 0.348. The Hall–Kier alpha value is -1.07. The lowest BCUT2D eigenvalue weighted by molar-refractivity contribution is -0.177. The molecule has 3 nitrogen and oxygen atoms in total. The molecule has 1 aliphatic heterocycles. The van der Waals surface area contributed by atoms with E-state index in [2.05, 4.69) is 5.32 Å². The van der Waals surface area contributed by atoms with Gasteiger partial charge in [-0.15, -0.1) is 0 Å². The average Bonchev–Trinajstić information content (AvgIpc) is 2.02. The molecular weight excluding hydrogens is 187 g/mol. The highest BCUT2D eigenvalue weighted by atomic mass is 19.4. The van der Waals surface area contributed by atoms with Crippen molar-refractivity contribution in [1.29, 1.82) is 0 Å². The Kier molecular flexibility index (Phi) is 2.58. The maximum Gasteiger partial charge on any atom is 0.450 e. The van der Waals surface area contributed by atoms with Gasteiger partial charge in [0.15, 0.2) is 0 Å². The number of alkyl halides is 3. The highest BCUT2D eigenvalue weighted by molar-refractivity contribution is 6.04. The van der Waals surface area contributed by atoms with E-state index in [-0.39, 0.29) is 6.42 Å². The molecule has 6 heteroatoms. The highest BCUT2D eigenvalue weighted by Crippen LogP contribution is 2.25. The van der Waals surface area contributed by atoms with E-state index >= 15 is 0 Å². The van der Waals surface area contributed by atoms with Gasteiger partial charge in [0, 0.05) is 6.54 Å². The molecule has 1 amide bonds. The Morgan fingerprint density at radius 2 is 2.08 bits per heavy atom. The van der Waals surface area contributed by atoms with Crippen LogP contribution in [-0.4, -0.2) is 24.4 Å². The minimum Gasteiger partial charge on any atom is -0.355 e. The Morgan fingerprint density at radius 1 is 1.46 bits per heavy atom. The maximum absolute atomic E-state index is 11.9. The number of nitrogens with one attached hydrogen (secondary N) is 1. The van der Waals surface area contributed by atoms with Crippen LogP contribution >= 0.6 is 0 Å². The predicted octanol–water partition coefficient (Wildman–Crippen LogP) is 0.644. The standard InChI is InChI=1S/C7H8F3NO2/c8-7(9,10)5(12)4-2-1-3-11-6(4)13/h4H,1-3H2,(H,11,13). The van der Waals surface area contributed by atoms with Crippen LogP contribution in [0.3, 0.4) is 0 Å². The van der Waals surface area contributed by atoms with Gasteiger partial charge in [-0.25, -0.2) is 0 Å². The number of ketones is 1. The van der Waals surface area contributed by atoms with Gasteiger partial charge in [-0.2, -0.15) is 13.2 Å². The fourth-order valence-electron chi connectivity index (χ4n) is 1.22. The number of carbonyl (C=O) groups excluding carboxylic acids is 2. The molecule has 0 aromatic rings. The first kappa shape index (κ1) is 10.0. The van der Waals surface area contributed by atoms with Crippen LogP contribution in [0.25, 0.3) is 0 Å². The van der Waals surface area contributed by atoms with E-state index in [4.69, 9.17) is 0 Å². The lowest BCUT2D eigenvalue weighted by atomic mass is 9.94. The third-order valence-corrected chi connectivity index (χ3v) is 1.88. The van der Waals surface area contributed by atoms with Crippen LogP contribution in [-0.2, 0) is 9.59 Å². The van der Waals surface area contributed by atoms with E-state index in [1.807, 2.05) is 0 Å². The van der Waals surface area contributed by atoms with Gasteiger partial charge in [0.25, 0.3) is 0 Å². The highest BCUT2D eigenvalue weighted by Gasteiger charge is 2.46. The van der Waals surface area contributed by atoms with Crippen molar-refractivity contribution in [3.05, 3.63) is 0 Å². The van der Waals surface area contributed by atoms with E-state index in [0.717, 1.165) is 0 Å². The van der Waals surface area contributed by atoms with Gasteiger partial charge in [-0.1, -0.05) is 0 Å². The molecule has 1 fully saturated rings. The fraction of sp³-hybridized carbons (Fsp3) is 0.714. The summed E-state index contributed by atoms with van der Waals surface area (Å²) in [5.41, 5.74) is 0. The fourth-order valence-corrected chi connectivity index (χ4v) is 1.22. The van der Waals surface area contributed by atoms with E-state index in [1.54, 1.807) is 0 Å². The zero-order valence-electron chi connectivity index (χ0n) is 6.65. The van der Waals surface area contributed by atoms with Crippen LogP contribution in [0.15, 0.2) is 0 Å². The van der Waals surface area contributed by atoms with Crippen molar-refractivity contribution >= 4 is 11.7 Å². The normalized spacial score (nSPS) is 23.9. The van der Waals surface area contributed by atoms with Gasteiger partial charge in [-0.05, 0) is 12.8 Å². The van der Waals surface area contributed by atoms with Gasteiger partial charge in [0.1, 0.15) is 5.92 Å². The van der Waals surface area contributed by atoms with Crippen molar-refractivity contribution in [2.45, 2.75) is 19.0 Å². The van der Waals surface area contributed by atoms with Gasteiger partial charge < -0.3 is 5.32 Å². The first-order valence-electron chi connectivity index (χ1n) is 3.81. The summed E-state index contributed by atoms with van der Waals surface area (Å²) >= 11 is 0. The first-order chi connectivity index (χ1) is 5.93. The SMILES string of the molecule is O=C1NCCCC1C(=O)C(F)(F)F. The molecule has 1 atom stereocenters. The molecule has 0 radical (unpaired) electrons. The molecule has 1 saturated heterocycles. The van der Waals surface area contributed by atoms with Gasteiger partial charge in [-0.3, -0.25) is 9.59 Å². The van der Waals surface area contributed by atoms with Crippen molar-refractivity contribution in [3.8, 4) is 0 Å². The van der Waals surface area contributed by atoms with Crippen LogP contribution in [0.4, 0.5) is 13.2 Å². The second-order valence-electron chi connectivity index (χ2n) is 2.85. The number of halogens is 3. The Bertz CT molecular complexity index is 236. The summed E-state index contributed by atoms with van der Waals surface area (Å²) in [4.78, 5) is 21.5. The third kappa shape index (κ3) is 2.19. The quantitative estimate of drug-likeness (QED) is 0.624. The Labute approximate surface area is 72.3 Å². The van der Waals surface area contributed by atoms with Crippen molar-refractivity contribution < 1.29 is 22.8 Å². The summed E-state index contributed by atoms with van der Waals surface area (Å²) in [6, 6.07) is 0. The van der Waals surface area contributed by atoms with Crippen LogP contribution in [0.2, 0.25) is 0 Å². The molecule has 1 aliphatic rings. The summed E-state index contributed by atoms with van der Waals surface area (Å²) in [6.07, 6.45) is -4.50. The summed E-state index contributed by atoms with van der Waals surface area (Å²) in [5, 5.41) is 2.23. The average molecular weight is 195 g/mol. The van der Waals surface area contributed by atoms with Crippen molar-refractivity contribution in [2.75, 3.05) is 6.54 Å². The Morgan fingerprint density at radius 3 is 2.54 bits per heavy atom. The van der Waals surface area contributed by atoms with Gasteiger partial charge >= 0.3 is 6.18 Å². The van der Waals surface area contributed by atoms with E-state index in [0.29, 0.717) is 13.0 Å². The molecule has 1 unspecified atom stereocenters. The molecule has 1 rings (SSSR count). The number of carbonyl (C=O) groups is 2. The summed E-state index contributed by atoms with van der Waals surface area (Å²) < 4.78 is 35.6. The molecule has 1 heterocycles. The predicted molar refractivity (Wildman–Crippen MR) is 36.8 cm³/mol. The van der Waals surface area contributed by atoms with Crippen molar-refractivity contribution in [1.82, 2.24) is 5.32 Å². The summed E-state index contributed by atoms with van der Waals surface area (Å²) in [7, 11) is 0. The van der Waals surface area contributed by atoms with E-state index in [1.165, 1.54) is 0 Å². The zero-order valence-corrected chi connectivity index (χ0v) is 6.65. The molecule has 74 valence electrons. The van der Waals surface area contributed by atoms with Crippen LogP contribution in [0.1, 0.15) is 12.8 Å². The first-order valence-corrected chi connectivity index (χ1v) is 3.81. The summed E-state index contributed by atoms with van der Waals surface area (Å²) in [5.74, 6) is -4.29. The molecule has 0 bridgehead atoms. The molecule has 0 aliphatic carbocycles. The topological polar surface area (TPSA) is 46.2 Å². The molecule has 0 saturated carbocycles. The monoisotopic (exact) mass is 195 g/mol. The minimum absolute atomic E-state index is 0.00975. The number of hydrogen-bond donors (Lipinski definition) is 1. The van der Waals surface area contributed by atoms with Gasteiger partial charge in [0.2, 0.25) is 11.7 Å². The van der Waals surface area contributed by atoms with Crippen molar-refractivity contribution in [3.63, 3.8) is 0 Å². The van der Waals surface area contributed by atoms with E-state index in [9.17, 15) is 22.8 Å². The molecule has 1 N–H and O–H groups in total. The lowest BCUT2D eigenvalue weighted by Gasteiger charge is -2.21. The Balaban J connectivity index is 2.70. The number of hydrogen-bond acceptors (Lipinski definition) is 2. The number of piperidine rings is 1. The third-order valence-electron chi connectivity index (χ3n) is 1.88. The van der Waals surface area contributed by atoms with Crippen LogP contribution in [0.5, 0.6) is 0 Å². The number of rotatable bonds is 1. The zero-order chi connectivity index (χ0) is 10.1. The number of Topliss-reactive ketones (excluding diaryl/α,β-unsaturated/α-hetero) is 1. The van der Waals surface area contributed by atoms with Crippen LogP contribution in [0, 0.1) is 5.92 Å². The molecule has 0 aromatic carbocycles. The van der Waals surface area contributed by atoms with E-state index < -0.39 is 23.8 Å². The molecular formula is C7H8F3NO2. The lowest BCUT2D eigenvalue weighted by Crippen LogP contribution is -2.44. The molecule has 13 heavy (non-hydrogen) atoms. The maximum atomic E-state index is 11.9. The largest absolute Gasteiger partial charge is 0.450 e. The second kappa shape index (κ2) is 3.35. The van der Waals surface area contributed by atoms with Gasteiger partial charge in [0.05, 0.1) is 0 Å². The minimum atomic E-state index is -4.90. The second-order valence-corrected chi connectivity index (χ2v) is 2.85. The molecule has 0 aromatic heterocycles.